The lowest BCUT2D eigenvalue weighted by Gasteiger charge is -2.60. The molecule has 4 aliphatic carbocycles. The van der Waals surface area contributed by atoms with Crippen molar-refractivity contribution < 1.29 is 9.90 Å². The standard InChI is InChI=1S/C15H18O2S/c16-13(17)15-7-10-4-11(8-15)6-14(5-10,9-15)12-2-1-3-18-12/h1-3,10-11H,4-9H2,(H,16,17). The topological polar surface area (TPSA) is 37.3 Å². The molecule has 1 aromatic rings. The first-order chi connectivity index (χ1) is 8.62. The van der Waals surface area contributed by atoms with Gasteiger partial charge in [-0.1, -0.05) is 6.07 Å². The molecule has 2 nitrogen and oxygen atoms in total. The van der Waals surface area contributed by atoms with E-state index in [1.807, 2.05) is 11.3 Å². The fraction of sp³-hybridized carbons (Fsp3) is 0.667. The molecule has 0 aliphatic heterocycles. The van der Waals surface area contributed by atoms with Crippen LogP contribution in [-0.4, -0.2) is 11.1 Å². The van der Waals surface area contributed by atoms with E-state index in [0.29, 0.717) is 11.8 Å². The first-order valence-corrected chi connectivity index (χ1v) is 7.77. The minimum absolute atomic E-state index is 0.205. The fourth-order valence-corrected chi connectivity index (χ4v) is 6.33. The summed E-state index contributed by atoms with van der Waals surface area (Å²) < 4.78 is 0. The molecule has 1 aromatic heterocycles. The van der Waals surface area contributed by atoms with Crippen LogP contribution in [0.5, 0.6) is 0 Å². The van der Waals surface area contributed by atoms with Gasteiger partial charge >= 0.3 is 5.97 Å². The quantitative estimate of drug-likeness (QED) is 0.883. The maximum Gasteiger partial charge on any atom is 0.309 e. The number of carboxylic acids is 1. The van der Waals surface area contributed by atoms with Gasteiger partial charge in [0.1, 0.15) is 0 Å². The van der Waals surface area contributed by atoms with Crippen molar-refractivity contribution in [3.63, 3.8) is 0 Å². The van der Waals surface area contributed by atoms with E-state index in [1.165, 1.54) is 24.1 Å². The molecule has 3 heteroatoms. The van der Waals surface area contributed by atoms with Crippen molar-refractivity contribution in [1.82, 2.24) is 0 Å². The van der Waals surface area contributed by atoms with Gasteiger partial charge in [-0.05, 0) is 61.8 Å². The van der Waals surface area contributed by atoms with Crippen LogP contribution >= 0.6 is 11.3 Å². The van der Waals surface area contributed by atoms with Gasteiger partial charge in [0.15, 0.2) is 0 Å². The summed E-state index contributed by atoms with van der Waals surface area (Å²) in [4.78, 5) is 13.2. The molecule has 0 radical (unpaired) electrons. The molecule has 2 unspecified atom stereocenters. The normalized spacial score (nSPS) is 45.3. The molecule has 0 saturated heterocycles. The second-order valence-electron chi connectivity index (χ2n) is 6.80. The van der Waals surface area contributed by atoms with Gasteiger partial charge in [0, 0.05) is 10.3 Å². The number of carbonyl (C=O) groups is 1. The van der Waals surface area contributed by atoms with Gasteiger partial charge in [-0.15, -0.1) is 11.3 Å². The van der Waals surface area contributed by atoms with E-state index in [0.717, 1.165) is 19.3 Å². The average Bonchev–Trinajstić information content (AvgIpc) is 2.80. The molecule has 4 saturated carbocycles. The molecule has 2 atom stereocenters. The van der Waals surface area contributed by atoms with E-state index in [1.54, 1.807) is 0 Å². The van der Waals surface area contributed by atoms with E-state index in [9.17, 15) is 9.90 Å². The molecule has 96 valence electrons. The summed E-state index contributed by atoms with van der Waals surface area (Å²) in [6, 6.07) is 4.35. The van der Waals surface area contributed by atoms with Crippen molar-refractivity contribution >= 4 is 17.3 Å². The molecule has 0 spiro atoms. The highest BCUT2D eigenvalue weighted by Crippen LogP contribution is 2.66. The summed E-state index contributed by atoms with van der Waals surface area (Å²) in [6.45, 7) is 0. The molecule has 0 amide bonds. The SMILES string of the molecule is O=C(O)C12CC3CC(C1)CC(c1cccs1)(C3)C2. The van der Waals surface area contributed by atoms with Crippen LogP contribution in [0.2, 0.25) is 0 Å². The van der Waals surface area contributed by atoms with Crippen LogP contribution in [0.4, 0.5) is 0 Å². The zero-order chi connectivity index (χ0) is 12.4. The van der Waals surface area contributed by atoms with Gasteiger partial charge in [0.25, 0.3) is 0 Å². The highest BCUT2D eigenvalue weighted by atomic mass is 32.1. The second-order valence-corrected chi connectivity index (χ2v) is 7.75. The average molecular weight is 262 g/mol. The van der Waals surface area contributed by atoms with E-state index in [4.69, 9.17) is 0 Å². The Balaban J connectivity index is 1.81. The summed E-state index contributed by atoms with van der Waals surface area (Å²) in [7, 11) is 0. The molecule has 4 fully saturated rings. The number of hydrogen-bond acceptors (Lipinski definition) is 2. The monoisotopic (exact) mass is 262 g/mol. The lowest BCUT2D eigenvalue weighted by atomic mass is 9.44. The molecule has 1 heterocycles. The summed E-state index contributed by atoms with van der Waals surface area (Å²) in [6.07, 6.45) is 6.51. The maximum absolute atomic E-state index is 11.8. The van der Waals surface area contributed by atoms with E-state index in [-0.39, 0.29) is 5.41 Å². The van der Waals surface area contributed by atoms with Crippen LogP contribution in [0.3, 0.4) is 0 Å². The van der Waals surface area contributed by atoms with Gasteiger partial charge in [-0.3, -0.25) is 4.79 Å². The Morgan fingerprint density at radius 2 is 2.00 bits per heavy atom. The second kappa shape index (κ2) is 3.38. The summed E-state index contributed by atoms with van der Waals surface area (Å²) in [5, 5.41) is 11.8. The number of aliphatic carboxylic acids is 1. The van der Waals surface area contributed by atoms with Gasteiger partial charge in [0.2, 0.25) is 0 Å². The molecule has 18 heavy (non-hydrogen) atoms. The Morgan fingerprint density at radius 1 is 1.28 bits per heavy atom. The van der Waals surface area contributed by atoms with Gasteiger partial charge < -0.3 is 5.11 Å². The van der Waals surface area contributed by atoms with Crippen molar-refractivity contribution in [3.05, 3.63) is 22.4 Å². The van der Waals surface area contributed by atoms with Crippen LogP contribution in [0.1, 0.15) is 43.4 Å². The number of thiophene rings is 1. The van der Waals surface area contributed by atoms with Gasteiger partial charge in [-0.2, -0.15) is 0 Å². The molecule has 1 N–H and O–H groups in total. The highest BCUT2D eigenvalue weighted by molar-refractivity contribution is 7.10. The van der Waals surface area contributed by atoms with E-state index < -0.39 is 11.4 Å². The third kappa shape index (κ3) is 1.31. The Morgan fingerprint density at radius 3 is 2.56 bits per heavy atom. The lowest BCUT2D eigenvalue weighted by Crippen LogP contribution is -2.56. The van der Waals surface area contributed by atoms with Crippen LogP contribution < -0.4 is 0 Å². The third-order valence-electron chi connectivity index (χ3n) is 5.56. The molecule has 5 rings (SSSR count). The minimum atomic E-state index is -0.530. The maximum atomic E-state index is 11.8. The van der Waals surface area contributed by atoms with Crippen LogP contribution in [0, 0.1) is 17.3 Å². The zero-order valence-corrected chi connectivity index (χ0v) is 11.2. The molecular formula is C15H18O2S. The smallest absolute Gasteiger partial charge is 0.309 e. The number of hydrogen-bond donors (Lipinski definition) is 1. The lowest BCUT2D eigenvalue weighted by molar-refractivity contribution is -0.167. The molecule has 4 aliphatic rings. The van der Waals surface area contributed by atoms with Crippen LogP contribution in [-0.2, 0) is 10.2 Å². The number of rotatable bonds is 2. The largest absolute Gasteiger partial charge is 0.481 e. The molecule has 4 bridgehead atoms. The Kier molecular flexibility index (Phi) is 2.07. The van der Waals surface area contributed by atoms with E-state index in [2.05, 4.69) is 17.5 Å². The van der Waals surface area contributed by atoms with E-state index >= 15 is 0 Å². The van der Waals surface area contributed by atoms with Crippen LogP contribution in [0.25, 0.3) is 0 Å². The van der Waals surface area contributed by atoms with Crippen LogP contribution in [0.15, 0.2) is 17.5 Å². The van der Waals surface area contributed by atoms with Crippen molar-refractivity contribution in [2.75, 3.05) is 0 Å². The molecular weight excluding hydrogens is 244 g/mol. The fourth-order valence-electron chi connectivity index (χ4n) is 5.38. The van der Waals surface area contributed by atoms with Crippen molar-refractivity contribution in [1.29, 1.82) is 0 Å². The number of carboxylic acid groups (broad SMARTS) is 1. The van der Waals surface area contributed by atoms with Crippen molar-refractivity contribution in [2.24, 2.45) is 17.3 Å². The Bertz CT molecular complexity index is 477. The first kappa shape index (κ1) is 11.0. The first-order valence-electron chi connectivity index (χ1n) is 6.89. The Hall–Kier alpha value is -0.830. The van der Waals surface area contributed by atoms with Gasteiger partial charge in [0.05, 0.1) is 5.41 Å². The summed E-state index contributed by atoms with van der Waals surface area (Å²) in [5.74, 6) is 0.784. The highest BCUT2D eigenvalue weighted by Gasteiger charge is 2.61. The predicted octanol–water partition coefficient (Wildman–Crippen LogP) is 3.67. The summed E-state index contributed by atoms with van der Waals surface area (Å²) >= 11 is 1.83. The Labute approximate surface area is 111 Å². The third-order valence-corrected chi connectivity index (χ3v) is 6.67. The minimum Gasteiger partial charge on any atom is -0.481 e. The molecule has 0 aromatic carbocycles. The van der Waals surface area contributed by atoms with Gasteiger partial charge in [-0.25, -0.2) is 0 Å². The zero-order valence-electron chi connectivity index (χ0n) is 10.4. The van der Waals surface area contributed by atoms with Crippen molar-refractivity contribution in [3.8, 4) is 0 Å². The predicted molar refractivity (Wildman–Crippen MR) is 70.7 cm³/mol. The van der Waals surface area contributed by atoms with Crippen molar-refractivity contribution in [2.45, 2.75) is 43.9 Å². The summed E-state index contributed by atoms with van der Waals surface area (Å²) in [5.41, 5.74) is -0.190.